The molecule has 0 unspecified atom stereocenters. The lowest BCUT2D eigenvalue weighted by Gasteiger charge is -2.23. The van der Waals surface area contributed by atoms with Gasteiger partial charge < -0.3 is 4.42 Å². The van der Waals surface area contributed by atoms with E-state index in [1.807, 2.05) is 0 Å². The van der Waals surface area contributed by atoms with Crippen LogP contribution in [0.3, 0.4) is 0 Å². The number of hydrazone groups is 1. The third-order valence-electron chi connectivity index (χ3n) is 3.12. The molecule has 1 heterocycles. The maximum Gasteiger partial charge on any atom is 0.260 e. The summed E-state index contributed by atoms with van der Waals surface area (Å²) in [4.78, 5) is 12.0. The van der Waals surface area contributed by atoms with Gasteiger partial charge in [-0.15, -0.1) is 0 Å². The Hall–Kier alpha value is -2.32. The summed E-state index contributed by atoms with van der Waals surface area (Å²) < 4.78 is 30.1. The van der Waals surface area contributed by atoms with E-state index in [0.29, 0.717) is 22.0 Å². The molecule has 128 valence electrons. The van der Waals surface area contributed by atoms with Crippen LogP contribution in [-0.4, -0.2) is 33.3 Å². The Bertz CT molecular complexity index is 848. The fraction of sp³-hybridized carbons (Fsp3) is 0.200. The van der Waals surface area contributed by atoms with Gasteiger partial charge in [-0.3, -0.25) is 9.10 Å². The molecule has 0 bridgehead atoms. The summed E-state index contributed by atoms with van der Waals surface area (Å²) in [7, 11) is -3.68. The summed E-state index contributed by atoms with van der Waals surface area (Å²) in [5.41, 5.74) is 3.17. The number of anilines is 1. The van der Waals surface area contributed by atoms with Gasteiger partial charge in [0.15, 0.2) is 0 Å². The monoisotopic (exact) mass is 369 g/mol. The third-order valence-corrected chi connectivity index (χ3v) is 4.66. The number of carbonyl (C=O) groups is 1. The van der Waals surface area contributed by atoms with Crippen molar-refractivity contribution in [3.8, 4) is 0 Å². The molecule has 0 aliphatic heterocycles. The Morgan fingerprint density at radius 2 is 2.12 bits per heavy atom. The molecule has 1 aromatic heterocycles. The Balaban J connectivity index is 2.15. The van der Waals surface area contributed by atoms with Gasteiger partial charge >= 0.3 is 0 Å². The molecule has 0 radical (unpaired) electrons. The topological polar surface area (TPSA) is 92.0 Å². The zero-order valence-electron chi connectivity index (χ0n) is 13.1. The number of amides is 1. The van der Waals surface area contributed by atoms with Crippen molar-refractivity contribution in [2.45, 2.75) is 6.92 Å². The number of benzene rings is 1. The van der Waals surface area contributed by atoms with Crippen LogP contribution in [0.4, 0.5) is 5.69 Å². The van der Waals surface area contributed by atoms with E-state index < -0.39 is 22.5 Å². The lowest BCUT2D eigenvalue weighted by molar-refractivity contribution is -0.119. The van der Waals surface area contributed by atoms with Crippen molar-refractivity contribution >= 4 is 39.4 Å². The second kappa shape index (κ2) is 7.50. The van der Waals surface area contributed by atoms with Gasteiger partial charge in [-0.1, -0.05) is 17.7 Å². The number of rotatable bonds is 6. The van der Waals surface area contributed by atoms with E-state index in [-0.39, 0.29) is 0 Å². The van der Waals surface area contributed by atoms with Crippen LogP contribution in [0, 0.1) is 6.92 Å². The molecule has 1 N–H and O–H groups in total. The molecule has 0 aliphatic carbocycles. The first-order chi connectivity index (χ1) is 11.3. The van der Waals surface area contributed by atoms with Gasteiger partial charge in [0.25, 0.3) is 5.91 Å². The van der Waals surface area contributed by atoms with E-state index >= 15 is 0 Å². The van der Waals surface area contributed by atoms with Crippen molar-refractivity contribution in [3.05, 3.63) is 52.9 Å². The number of furan rings is 1. The molecule has 9 heteroatoms. The average molecular weight is 370 g/mol. The molecule has 24 heavy (non-hydrogen) atoms. The lowest BCUT2D eigenvalue weighted by Crippen LogP contribution is -2.39. The summed E-state index contributed by atoms with van der Waals surface area (Å²) in [6.07, 6.45) is 3.80. The van der Waals surface area contributed by atoms with E-state index in [9.17, 15) is 13.2 Å². The number of sulfonamides is 1. The fourth-order valence-electron chi connectivity index (χ4n) is 1.95. The summed E-state index contributed by atoms with van der Waals surface area (Å²) in [5.74, 6) is -0.136. The summed E-state index contributed by atoms with van der Waals surface area (Å²) >= 11 is 6.03. The Morgan fingerprint density at radius 1 is 1.38 bits per heavy atom. The highest BCUT2D eigenvalue weighted by molar-refractivity contribution is 7.92. The molecule has 0 fully saturated rings. The Kier molecular flexibility index (Phi) is 5.63. The first-order valence-electron chi connectivity index (χ1n) is 6.87. The van der Waals surface area contributed by atoms with Crippen LogP contribution in [0.5, 0.6) is 0 Å². The lowest BCUT2D eigenvalue weighted by atomic mass is 10.2. The van der Waals surface area contributed by atoms with Crippen LogP contribution in [0.15, 0.2) is 46.1 Å². The number of hydrogen-bond acceptors (Lipinski definition) is 5. The van der Waals surface area contributed by atoms with Gasteiger partial charge in [-0.2, -0.15) is 5.10 Å². The molecule has 1 amide bonds. The highest BCUT2D eigenvalue weighted by Gasteiger charge is 2.22. The van der Waals surface area contributed by atoms with Crippen LogP contribution in [0.1, 0.15) is 11.3 Å². The van der Waals surface area contributed by atoms with E-state index in [1.165, 1.54) is 12.5 Å². The van der Waals surface area contributed by atoms with Gasteiger partial charge in [0.05, 0.1) is 24.4 Å². The molecule has 7 nitrogen and oxygen atoms in total. The van der Waals surface area contributed by atoms with E-state index in [1.54, 1.807) is 37.3 Å². The number of carbonyl (C=O) groups excluding carboxylic acids is 1. The predicted octanol–water partition coefficient (Wildman–Crippen LogP) is 2.16. The fourth-order valence-corrected chi connectivity index (χ4v) is 3.02. The average Bonchev–Trinajstić information content (AvgIpc) is 3.00. The zero-order chi connectivity index (χ0) is 17.7. The quantitative estimate of drug-likeness (QED) is 0.623. The minimum atomic E-state index is -3.68. The molecular formula is C15H16ClN3O4S. The van der Waals surface area contributed by atoms with Crippen LogP contribution in [-0.2, 0) is 14.8 Å². The molecule has 0 spiro atoms. The summed E-state index contributed by atoms with van der Waals surface area (Å²) in [6, 6.07) is 8.19. The maximum absolute atomic E-state index is 12.0. The summed E-state index contributed by atoms with van der Waals surface area (Å²) in [6.45, 7) is 1.26. The van der Waals surface area contributed by atoms with Crippen molar-refractivity contribution < 1.29 is 17.6 Å². The molecule has 0 atom stereocenters. The SMILES string of the molecule is Cc1c(Cl)cccc1N(CC(=O)N/N=C\c1ccco1)S(C)(=O)=O. The normalized spacial score (nSPS) is 11.6. The van der Waals surface area contributed by atoms with Crippen LogP contribution >= 0.6 is 11.6 Å². The van der Waals surface area contributed by atoms with Crippen LogP contribution in [0.25, 0.3) is 0 Å². The molecule has 0 aliphatic rings. The Morgan fingerprint density at radius 3 is 2.75 bits per heavy atom. The molecule has 1 aromatic carbocycles. The highest BCUT2D eigenvalue weighted by atomic mass is 35.5. The minimum absolute atomic E-state index is 0.343. The summed E-state index contributed by atoms with van der Waals surface area (Å²) in [5, 5.41) is 4.13. The van der Waals surface area contributed by atoms with Gasteiger partial charge in [-0.05, 0) is 36.8 Å². The molecular weight excluding hydrogens is 354 g/mol. The molecule has 2 aromatic rings. The molecule has 2 rings (SSSR count). The van der Waals surface area contributed by atoms with Gasteiger partial charge in [0, 0.05) is 5.02 Å². The second-order valence-electron chi connectivity index (χ2n) is 4.96. The first-order valence-corrected chi connectivity index (χ1v) is 9.10. The number of nitrogens with one attached hydrogen (secondary N) is 1. The second-order valence-corrected chi connectivity index (χ2v) is 7.28. The Labute approximate surface area is 145 Å². The van der Waals surface area contributed by atoms with E-state index in [2.05, 4.69) is 10.5 Å². The first kappa shape index (κ1) is 18.0. The third kappa shape index (κ3) is 4.59. The van der Waals surface area contributed by atoms with Crippen molar-refractivity contribution in [1.82, 2.24) is 5.43 Å². The number of hydrogen-bond donors (Lipinski definition) is 1. The highest BCUT2D eigenvalue weighted by Crippen LogP contribution is 2.27. The van der Waals surface area contributed by atoms with Crippen LogP contribution < -0.4 is 9.73 Å². The molecule has 0 saturated carbocycles. The maximum atomic E-state index is 12.0. The van der Waals surface area contributed by atoms with Crippen molar-refractivity contribution in [2.75, 3.05) is 17.1 Å². The standard InChI is InChI=1S/C15H16ClN3O4S/c1-11-13(16)6-3-7-14(11)19(24(2,21)22)10-15(20)18-17-9-12-5-4-8-23-12/h3-9H,10H2,1-2H3,(H,18,20)/b17-9-. The largest absolute Gasteiger partial charge is 0.463 e. The van der Waals surface area contributed by atoms with Crippen molar-refractivity contribution in [2.24, 2.45) is 5.10 Å². The van der Waals surface area contributed by atoms with Crippen LogP contribution in [0.2, 0.25) is 5.02 Å². The van der Waals surface area contributed by atoms with E-state index in [0.717, 1.165) is 10.6 Å². The van der Waals surface area contributed by atoms with Crippen molar-refractivity contribution in [3.63, 3.8) is 0 Å². The smallest absolute Gasteiger partial charge is 0.260 e. The predicted molar refractivity (Wildman–Crippen MR) is 92.8 cm³/mol. The van der Waals surface area contributed by atoms with Gasteiger partial charge in [-0.25, -0.2) is 13.8 Å². The number of nitrogens with zero attached hydrogens (tertiary/aromatic N) is 2. The van der Waals surface area contributed by atoms with Gasteiger partial charge in [0.1, 0.15) is 12.3 Å². The van der Waals surface area contributed by atoms with Crippen molar-refractivity contribution in [1.29, 1.82) is 0 Å². The molecule has 0 saturated heterocycles. The number of halogens is 1. The zero-order valence-corrected chi connectivity index (χ0v) is 14.6. The van der Waals surface area contributed by atoms with E-state index in [4.69, 9.17) is 16.0 Å². The van der Waals surface area contributed by atoms with Gasteiger partial charge in [0.2, 0.25) is 10.0 Å². The minimum Gasteiger partial charge on any atom is -0.463 e.